The van der Waals surface area contributed by atoms with Crippen LogP contribution in [0.25, 0.3) is 6.08 Å². The Balaban J connectivity index is 2.06. The van der Waals surface area contributed by atoms with E-state index in [-0.39, 0.29) is 5.91 Å². The van der Waals surface area contributed by atoms with Crippen LogP contribution in [0.1, 0.15) is 18.1 Å². The third-order valence-electron chi connectivity index (χ3n) is 3.65. The Morgan fingerprint density at radius 3 is 2.64 bits per heavy atom. The van der Waals surface area contributed by atoms with Crippen LogP contribution >= 0.6 is 11.6 Å². The largest absolute Gasteiger partial charge is 0.493 e. The second-order valence-electron chi connectivity index (χ2n) is 5.46. The molecule has 0 aliphatic heterocycles. The highest BCUT2D eigenvalue weighted by molar-refractivity contribution is 6.31. The molecule has 132 valence electrons. The number of carbonyl (C=O) groups excluding carboxylic acids is 1. The van der Waals surface area contributed by atoms with Gasteiger partial charge in [-0.3, -0.25) is 4.79 Å². The van der Waals surface area contributed by atoms with Crippen LogP contribution in [0.5, 0.6) is 11.5 Å². The lowest BCUT2D eigenvalue weighted by Gasteiger charge is -2.16. The zero-order valence-corrected chi connectivity index (χ0v) is 15.4. The predicted octanol–water partition coefficient (Wildman–Crippen LogP) is 4.42. The molecular formula is C20H22ClNO3. The standard InChI is InChI=1S/C20H22ClNO3/c1-4-25-19-13-15(9-11-18(19)24-3)10-12-20(23)22(2)14-16-7-5-6-8-17(16)21/h5-13H,4,14H2,1-3H3/b12-10+. The highest BCUT2D eigenvalue weighted by atomic mass is 35.5. The van der Waals surface area contributed by atoms with Crippen molar-refractivity contribution in [2.75, 3.05) is 20.8 Å². The lowest BCUT2D eigenvalue weighted by molar-refractivity contribution is -0.125. The van der Waals surface area contributed by atoms with E-state index in [0.29, 0.717) is 29.7 Å². The number of hydrogen-bond acceptors (Lipinski definition) is 3. The van der Waals surface area contributed by atoms with Crippen molar-refractivity contribution in [3.05, 3.63) is 64.7 Å². The molecule has 5 heteroatoms. The van der Waals surface area contributed by atoms with E-state index in [1.54, 1.807) is 25.1 Å². The Morgan fingerprint density at radius 1 is 1.20 bits per heavy atom. The van der Waals surface area contributed by atoms with Gasteiger partial charge in [-0.25, -0.2) is 0 Å². The van der Waals surface area contributed by atoms with E-state index in [1.165, 1.54) is 6.08 Å². The normalized spacial score (nSPS) is 10.7. The Hall–Kier alpha value is -2.46. The van der Waals surface area contributed by atoms with E-state index in [9.17, 15) is 4.79 Å². The summed E-state index contributed by atoms with van der Waals surface area (Å²) in [5, 5.41) is 0.655. The summed E-state index contributed by atoms with van der Waals surface area (Å²) < 4.78 is 10.8. The molecule has 0 fully saturated rings. The molecule has 2 aromatic rings. The van der Waals surface area contributed by atoms with E-state index >= 15 is 0 Å². The molecule has 4 nitrogen and oxygen atoms in total. The van der Waals surface area contributed by atoms with Crippen molar-refractivity contribution in [2.24, 2.45) is 0 Å². The number of methoxy groups -OCH3 is 1. The van der Waals surface area contributed by atoms with Gasteiger partial charge >= 0.3 is 0 Å². The number of rotatable bonds is 7. The number of carbonyl (C=O) groups is 1. The maximum absolute atomic E-state index is 12.3. The van der Waals surface area contributed by atoms with Crippen LogP contribution < -0.4 is 9.47 Å². The van der Waals surface area contributed by atoms with Crippen LogP contribution in [-0.2, 0) is 11.3 Å². The summed E-state index contributed by atoms with van der Waals surface area (Å²) >= 11 is 6.14. The van der Waals surface area contributed by atoms with Gasteiger partial charge in [0.2, 0.25) is 5.91 Å². The van der Waals surface area contributed by atoms with Gasteiger partial charge in [-0.05, 0) is 42.3 Å². The first-order valence-corrected chi connectivity index (χ1v) is 8.40. The molecule has 0 unspecified atom stereocenters. The number of likely N-dealkylation sites (N-methyl/N-ethyl adjacent to an activating group) is 1. The average Bonchev–Trinajstić information content (AvgIpc) is 2.62. The van der Waals surface area contributed by atoms with Crippen molar-refractivity contribution < 1.29 is 14.3 Å². The SMILES string of the molecule is CCOc1cc(/C=C/C(=O)N(C)Cc2ccccc2Cl)ccc1OC. The molecule has 0 aliphatic rings. The van der Waals surface area contributed by atoms with Crippen molar-refractivity contribution in [1.29, 1.82) is 0 Å². The maximum atomic E-state index is 12.3. The molecule has 0 saturated heterocycles. The quantitative estimate of drug-likeness (QED) is 0.687. The minimum Gasteiger partial charge on any atom is -0.493 e. The van der Waals surface area contributed by atoms with E-state index in [1.807, 2.05) is 49.4 Å². The fourth-order valence-corrected chi connectivity index (χ4v) is 2.52. The summed E-state index contributed by atoms with van der Waals surface area (Å²) in [5.41, 5.74) is 1.78. The Kier molecular flexibility index (Phi) is 6.90. The molecule has 0 aliphatic carbocycles. The Bertz CT molecular complexity index is 758. The second-order valence-corrected chi connectivity index (χ2v) is 5.87. The van der Waals surface area contributed by atoms with Gasteiger partial charge in [-0.15, -0.1) is 0 Å². The topological polar surface area (TPSA) is 38.8 Å². The molecule has 2 rings (SSSR count). The number of nitrogens with zero attached hydrogens (tertiary/aromatic N) is 1. The van der Waals surface area contributed by atoms with Crippen molar-refractivity contribution in [3.63, 3.8) is 0 Å². The Morgan fingerprint density at radius 2 is 1.96 bits per heavy atom. The molecule has 0 radical (unpaired) electrons. The molecule has 0 saturated carbocycles. The molecule has 0 heterocycles. The molecule has 0 aromatic heterocycles. The van der Waals surface area contributed by atoms with Crippen LogP contribution in [0.3, 0.4) is 0 Å². The molecule has 25 heavy (non-hydrogen) atoms. The number of ether oxygens (including phenoxy) is 2. The van der Waals surface area contributed by atoms with Crippen LogP contribution in [0.4, 0.5) is 0 Å². The van der Waals surface area contributed by atoms with Gasteiger partial charge in [0.25, 0.3) is 0 Å². The highest BCUT2D eigenvalue weighted by Gasteiger charge is 2.09. The van der Waals surface area contributed by atoms with Crippen LogP contribution in [0.2, 0.25) is 5.02 Å². The molecule has 2 aromatic carbocycles. The van der Waals surface area contributed by atoms with Gasteiger partial charge in [-0.2, -0.15) is 0 Å². The van der Waals surface area contributed by atoms with Crippen LogP contribution in [0.15, 0.2) is 48.5 Å². The van der Waals surface area contributed by atoms with Crippen LogP contribution in [0, 0.1) is 0 Å². The summed E-state index contributed by atoms with van der Waals surface area (Å²) in [7, 11) is 3.34. The summed E-state index contributed by atoms with van der Waals surface area (Å²) in [6, 6.07) is 13.0. The van der Waals surface area contributed by atoms with Crippen molar-refractivity contribution >= 4 is 23.6 Å². The van der Waals surface area contributed by atoms with E-state index < -0.39 is 0 Å². The lowest BCUT2D eigenvalue weighted by Crippen LogP contribution is -2.24. The van der Waals surface area contributed by atoms with Gasteiger partial charge in [0.05, 0.1) is 13.7 Å². The van der Waals surface area contributed by atoms with E-state index in [0.717, 1.165) is 11.1 Å². The zero-order valence-electron chi connectivity index (χ0n) is 14.7. The third-order valence-corrected chi connectivity index (χ3v) is 4.02. The minimum atomic E-state index is -0.103. The summed E-state index contributed by atoms with van der Waals surface area (Å²) in [6.45, 7) is 2.91. The summed E-state index contributed by atoms with van der Waals surface area (Å²) in [5.74, 6) is 1.22. The Labute approximate surface area is 153 Å². The fraction of sp³-hybridized carbons (Fsp3) is 0.250. The summed E-state index contributed by atoms with van der Waals surface area (Å²) in [6.07, 6.45) is 3.29. The van der Waals surface area contributed by atoms with Crippen molar-refractivity contribution in [1.82, 2.24) is 4.90 Å². The molecule has 0 spiro atoms. The number of halogens is 1. The first kappa shape index (κ1) is 18.9. The second kappa shape index (κ2) is 9.14. The highest BCUT2D eigenvalue weighted by Crippen LogP contribution is 2.28. The van der Waals surface area contributed by atoms with E-state index in [2.05, 4.69) is 0 Å². The van der Waals surface area contributed by atoms with Gasteiger partial charge in [0.1, 0.15) is 0 Å². The monoisotopic (exact) mass is 359 g/mol. The van der Waals surface area contributed by atoms with Crippen molar-refractivity contribution in [3.8, 4) is 11.5 Å². The van der Waals surface area contributed by atoms with Crippen LogP contribution in [-0.4, -0.2) is 31.6 Å². The zero-order chi connectivity index (χ0) is 18.2. The molecule has 1 amide bonds. The summed E-state index contributed by atoms with van der Waals surface area (Å²) in [4.78, 5) is 13.9. The molecule has 0 N–H and O–H groups in total. The minimum absolute atomic E-state index is 0.103. The number of benzene rings is 2. The smallest absolute Gasteiger partial charge is 0.246 e. The lowest BCUT2D eigenvalue weighted by atomic mass is 10.1. The molecular weight excluding hydrogens is 338 g/mol. The maximum Gasteiger partial charge on any atom is 0.246 e. The van der Waals surface area contributed by atoms with Gasteiger partial charge < -0.3 is 14.4 Å². The number of amides is 1. The van der Waals surface area contributed by atoms with Gasteiger partial charge in [0.15, 0.2) is 11.5 Å². The number of hydrogen-bond donors (Lipinski definition) is 0. The molecule has 0 atom stereocenters. The first-order chi connectivity index (χ1) is 12.0. The van der Waals surface area contributed by atoms with E-state index in [4.69, 9.17) is 21.1 Å². The average molecular weight is 360 g/mol. The molecule has 0 bridgehead atoms. The van der Waals surface area contributed by atoms with Gasteiger partial charge in [0, 0.05) is 24.7 Å². The predicted molar refractivity (Wildman–Crippen MR) is 101 cm³/mol. The van der Waals surface area contributed by atoms with Crippen molar-refractivity contribution in [2.45, 2.75) is 13.5 Å². The first-order valence-electron chi connectivity index (χ1n) is 8.02. The fourth-order valence-electron chi connectivity index (χ4n) is 2.32. The van der Waals surface area contributed by atoms with Gasteiger partial charge in [-0.1, -0.05) is 35.9 Å². The third kappa shape index (κ3) is 5.26.